The van der Waals surface area contributed by atoms with E-state index in [0.29, 0.717) is 12.1 Å². The zero-order valence-corrected chi connectivity index (χ0v) is 14.5. The van der Waals surface area contributed by atoms with Gasteiger partial charge >= 0.3 is 5.97 Å². The summed E-state index contributed by atoms with van der Waals surface area (Å²) in [5.41, 5.74) is 2.83. The molecule has 2 aromatic rings. The van der Waals surface area contributed by atoms with Gasteiger partial charge < -0.3 is 19.2 Å². The standard InChI is InChI=1S/C20H20N2O4/c1-24-15-5-4-12-3-2-7-20-8-6-13(9-16(20)26-18(15)17(12)20)25-19(23)14-10-21-11-22-14/h4-6,8,10-11,13,16H,2-3,7,9H2,1H3,(H,21,22)/t13-,16?,20+/m0/s1. The molecule has 3 atom stereocenters. The summed E-state index contributed by atoms with van der Waals surface area (Å²) in [6.07, 6.45) is 10.7. The van der Waals surface area contributed by atoms with Gasteiger partial charge in [-0.3, -0.25) is 0 Å². The van der Waals surface area contributed by atoms with Crippen molar-refractivity contribution in [2.45, 2.75) is 43.3 Å². The Hall–Kier alpha value is -2.76. The largest absolute Gasteiger partial charge is 0.493 e. The quantitative estimate of drug-likeness (QED) is 0.679. The maximum Gasteiger partial charge on any atom is 0.356 e. The van der Waals surface area contributed by atoms with E-state index < -0.39 is 5.97 Å². The van der Waals surface area contributed by atoms with E-state index in [9.17, 15) is 4.79 Å². The van der Waals surface area contributed by atoms with Crippen molar-refractivity contribution in [2.24, 2.45) is 0 Å². The molecule has 1 aromatic carbocycles. The maximum atomic E-state index is 12.2. The molecule has 6 nitrogen and oxygen atoms in total. The highest BCUT2D eigenvalue weighted by Crippen LogP contribution is 2.57. The second-order valence-corrected chi connectivity index (χ2v) is 7.14. The van der Waals surface area contributed by atoms with Crippen LogP contribution in [0, 0.1) is 0 Å². The summed E-state index contributed by atoms with van der Waals surface area (Å²) in [6.45, 7) is 0. The number of aromatic amines is 1. The molecule has 5 rings (SSSR count). The minimum atomic E-state index is -0.398. The van der Waals surface area contributed by atoms with Crippen molar-refractivity contribution < 1.29 is 19.0 Å². The van der Waals surface area contributed by atoms with Crippen LogP contribution in [0.3, 0.4) is 0 Å². The van der Waals surface area contributed by atoms with Gasteiger partial charge in [0.05, 0.1) is 25.0 Å². The lowest BCUT2D eigenvalue weighted by Crippen LogP contribution is -2.44. The Balaban J connectivity index is 1.47. The van der Waals surface area contributed by atoms with Crippen LogP contribution in [0.25, 0.3) is 0 Å². The Morgan fingerprint density at radius 1 is 1.42 bits per heavy atom. The predicted octanol–water partition coefficient (Wildman–Crippen LogP) is 2.94. The first-order valence-corrected chi connectivity index (χ1v) is 8.97. The molecule has 134 valence electrons. The fourth-order valence-corrected chi connectivity index (χ4v) is 4.62. The van der Waals surface area contributed by atoms with Crippen molar-refractivity contribution >= 4 is 5.97 Å². The Morgan fingerprint density at radius 2 is 2.35 bits per heavy atom. The Morgan fingerprint density at radius 3 is 3.15 bits per heavy atom. The summed E-state index contributed by atoms with van der Waals surface area (Å²) in [4.78, 5) is 18.9. The lowest BCUT2D eigenvalue weighted by Gasteiger charge is -2.39. The number of aryl methyl sites for hydroxylation is 1. The smallest absolute Gasteiger partial charge is 0.356 e. The molecule has 6 heteroatoms. The van der Waals surface area contributed by atoms with Crippen LogP contribution < -0.4 is 9.47 Å². The molecule has 0 radical (unpaired) electrons. The molecule has 0 bridgehead atoms. The maximum absolute atomic E-state index is 12.2. The number of ether oxygens (including phenoxy) is 3. The zero-order chi connectivity index (χ0) is 17.7. The van der Waals surface area contributed by atoms with Crippen molar-refractivity contribution in [3.63, 3.8) is 0 Å². The third kappa shape index (κ3) is 2.11. The molecule has 1 unspecified atom stereocenters. The van der Waals surface area contributed by atoms with Crippen LogP contribution in [-0.2, 0) is 16.6 Å². The Kier molecular flexibility index (Phi) is 3.35. The van der Waals surface area contributed by atoms with Gasteiger partial charge in [0.1, 0.15) is 17.9 Å². The summed E-state index contributed by atoms with van der Waals surface area (Å²) in [6, 6.07) is 4.15. The predicted molar refractivity (Wildman–Crippen MR) is 93.6 cm³/mol. The number of benzene rings is 1. The number of nitrogens with one attached hydrogen (secondary N) is 1. The SMILES string of the molecule is COc1ccc2c3c1OC1C[C@@H](OC(=O)c4cnc[nH]4)C=C[C@@]31CCC2. The summed E-state index contributed by atoms with van der Waals surface area (Å²) >= 11 is 0. The molecular formula is C20H20N2O4. The third-order valence-corrected chi connectivity index (χ3v) is 5.80. The van der Waals surface area contributed by atoms with Crippen LogP contribution in [0.15, 0.2) is 36.8 Å². The Labute approximate surface area is 151 Å². The van der Waals surface area contributed by atoms with E-state index in [1.54, 1.807) is 7.11 Å². The van der Waals surface area contributed by atoms with Gasteiger partial charge in [0.2, 0.25) is 0 Å². The fourth-order valence-electron chi connectivity index (χ4n) is 4.62. The first-order valence-electron chi connectivity index (χ1n) is 8.97. The highest BCUT2D eigenvalue weighted by atomic mass is 16.6. The number of methoxy groups -OCH3 is 1. The third-order valence-electron chi connectivity index (χ3n) is 5.80. The van der Waals surface area contributed by atoms with E-state index >= 15 is 0 Å². The van der Waals surface area contributed by atoms with E-state index in [-0.39, 0.29) is 17.6 Å². The average Bonchev–Trinajstić information content (AvgIpc) is 3.29. The fraction of sp³-hybridized carbons (Fsp3) is 0.400. The van der Waals surface area contributed by atoms with E-state index in [2.05, 4.69) is 22.1 Å². The summed E-state index contributed by atoms with van der Waals surface area (Å²) in [5, 5.41) is 0. The number of hydrogen-bond acceptors (Lipinski definition) is 5. The molecule has 1 N–H and O–H groups in total. The minimum absolute atomic E-state index is 0.0441. The van der Waals surface area contributed by atoms with Crippen LogP contribution >= 0.6 is 0 Å². The normalized spacial score (nSPS) is 28.0. The van der Waals surface area contributed by atoms with E-state index in [4.69, 9.17) is 14.2 Å². The van der Waals surface area contributed by atoms with Gasteiger partial charge in [-0.25, -0.2) is 9.78 Å². The Bertz CT molecular complexity index is 889. The number of H-pyrrole nitrogens is 1. The number of imidazole rings is 1. The molecule has 0 fully saturated rings. The van der Waals surface area contributed by atoms with Gasteiger partial charge in [0.25, 0.3) is 0 Å². The van der Waals surface area contributed by atoms with Crippen LogP contribution in [0.1, 0.15) is 40.9 Å². The second kappa shape index (κ2) is 5.62. The number of nitrogens with zero attached hydrogens (tertiary/aromatic N) is 1. The molecule has 0 saturated carbocycles. The number of esters is 1. The van der Waals surface area contributed by atoms with Crippen molar-refractivity contribution in [3.8, 4) is 11.5 Å². The number of carbonyl (C=O) groups is 1. The lowest BCUT2D eigenvalue weighted by atomic mass is 9.64. The van der Waals surface area contributed by atoms with Gasteiger partial charge in [0.15, 0.2) is 11.5 Å². The van der Waals surface area contributed by atoms with Crippen LogP contribution in [-0.4, -0.2) is 35.3 Å². The molecule has 1 aromatic heterocycles. The van der Waals surface area contributed by atoms with Crippen molar-refractivity contribution in [1.82, 2.24) is 9.97 Å². The van der Waals surface area contributed by atoms with Crippen LogP contribution in [0.2, 0.25) is 0 Å². The lowest BCUT2D eigenvalue weighted by molar-refractivity contribution is 0.0212. The van der Waals surface area contributed by atoms with Crippen molar-refractivity contribution in [3.05, 3.63) is 53.6 Å². The summed E-state index contributed by atoms with van der Waals surface area (Å²) < 4.78 is 17.5. The van der Waals surface area contributed by atoms with Gasteiger partial charge in [-0.05, 0) is 37.0 Å². The van der Waals surface area contributed by atoms with E-state index in [1.165, 1.54) is 23.7 Å². The van der Waals surface area contributed by atoms with Gasteiger partial charge in [-0.2, -0.15) is 0 Å². The summed E-state index contributed by atoms with van der Waals surface area (Å²) in [5.74, 6) is 1.24. The monoisotopic (exact) mass is 352 g/mol. The molecule has 2 aliphatic carbocycles. The number of carbonyl (C=O) groups excluding carboxylic acids is 1. The van der Waals surface area contributed by atoms with Crippen LogP contribution in [0.4, 0.5) is 0 Å². The van der Waals surface area contributed by atoms with Crippen molar-refractivity contribution in [2.75, 3.05) is 7.11 Å². The minimum Gasteiger partial charge on any atom is -0.493 e. The molecule has 0 saturated heterocycles. The highest BCUT2D eigenvalue weighted by molar-refractivity contribution is 5.87. The van der Waals surface area contributed by atoms with Gasteiger partial charge in [-0.15, -0.1) is 0 Å². The first kappa shape index (κ1) is 15.5. The second-order valence-electron chi connectivity index (χ2n) is 7.14. The average molecular weight is 352 g/mol. The number of rotatable bonds is 3. The molecule has 26 heavy (non-hydrogen) atoms. The number of aromatic nitrogens is 2. The van der Waals surface area contributed by atoms with Crippen LogP contribution in [0.5, 0.6) is 11.5 Å². The molecule has 1 aliphatic heterocycles. The highest BCUT2D eigenvalue weighted by Gasteiger charge is 2.53. The van der Waals surface area contributed by atoms with Gasteiger partial charge in [0, 0.05) is 12.0 Å². The first-order chi connectivity index (χ1) is 12.7. The number of hydrogen-bond donors (Lipinski definition) is 1. The van der Waals surface area contributed by atoms with Crippen molar-refractivity contribution in [1.29, 1.82) is 0 Å². The zero-order valence-electron chi connectivity index (χ0n) is 14.5. The molecule has 2 heterocycles. The molecule has 3 aliphatic rings. The molecular weight excluding hydrogens is 332 g/mol. The van der Waals surface area contributed by atoms with Gasteiger partial charge in [-0.1, -0.05) is 12.1 Å². The van der Waals surface area contributed by atoms with E-state index in [1.807, 2.05) is 12.1 Å². The molecule has 1 spiro atoms. The summed E-state index contributed by atoms with van der Waals surface area (Å²) in [7, 11) is 1.67. The topological polar surface area (TPSA) is 73.4 Å². The molecule has 0 amide bonds. The van der Waals surface area contributed by atoms with E-state index in [0.717, 1.165) is 30.8 Å².